The zero-order valence-electron chi connectivity index (χ0n) is 11.7. The lowest BCUT2D eigenvalue weighted by atomic mass is 10.3. The summed E-state index contributed by atoms with van der Waals surface area (Å²) >= 11 is 3.42. The first-order valence-corrected chi connectivity index (χ1v) is 7.65. The fourth-order valence-electron chi connectivity index (χ4n) is 2.17. The van der Waals surface area contributed by atoms with E-state index in [1.165, 1.54) is 0 Å². The van der Waals surface area contributed by atoms with Crippen molar-refractivity contribution in [3.8, 4) is 0 Å². The summed E-state index contributed by atoms with van der Waals surface area (Å²) in [6, 6.07) is 4.12. The van der Waals surface area contributed by atoms with Gasteiger partial charge >= 0.3 is 0 Å². The van der Waals surface area contributed by atoms with Crippen molar-refractivity contribution >= 4 is 21.7 Å². The Hall–Kier alpha value is -0.650. The normalized spacial score (nSPS) is 17.2. The highest BCUT2D eigenvalue weighted by Gasteiger charge is 2.17. The maximum atomic E-state index is 5.60. The highest BCUT2D eigenvalue weighted by molar-refractivity contribution is 9.10. The molecule has 0 saturated carbocycles. The summed E-state index contributed by atoms with van der Waals surface area (Å²) in [5, 5.41) is 0. The Balaban J connectivity index is 1.74. The van der Waals surface area contributed by atoms with Crippen molar-refractivity contribution in [2.45, 2.75) is 20.0 Å². The largest absolute Gasteiger partial charge is 0.377 e. The summed E-state index contributed by atoms with van der Waals surface area (Å²) < 4.78 is 6.62. The number of hydrogen-bond donors (Lipinski definition) is 0. The first-order chi connectivity index (χ1) is 9.15. The fourth-order valence-corrected chi connectivity index (χ4v) is 2.41. The molecule has 0 bridgehead atoms. The summed E-state index contributed by atoms with van der Waals surface area (Å²) in [5.74, 6) is 1.07. The SMILES string of the molecule is CC(C)OCCN1CCN(c2ccc(Br)cn2)CC1. The van der Waals surface area contributed by atoms with E-state index in [2.05, 4.69) is 50.6 Å². The standard InChI is InChI=1S/C14H22BrN3O/c1-12(2)19-10-9-17-5-7-18(8-6-17)14-4-3-13(15)11-16-14/h3-4,11-12H,5-10H2,1-2H3. The quantitative estimate of drug-likeness (QED) is 0.830. The molecule has 0 unspecified atom stereocenters. The number of nitrogens with zero attached hydrogens (tertiary/aromatic N) is 3. The maximum absolute atomic E-state index is 5.60. The lowest BCUT2D eigenvalue weighted by Gasteiger charge is -2.35. The smallest absolute Gasteiger partial charge is 0.128 e. The Bertz CT molecular complexity index is 375. The number of hydrogen-bond acceptors (Lipinski definition) is 4. The number of piperazine rings is 1. The van der Waals surface area contributed by atoms with Crippen LogP contribution in [0.15, 0.2) is 22.8 Å². The number of anilines is 1. The molecule has 0 aliphatic carbocycles. The average Bonchev–Trinajstić information content (AvgIpc) is 2.40. The predicted octanol–water partition coefficient (Wildman–Crippen LogP) is 2.39. The number of aromatic nitrogens is 1. The summed E-state index contributed by atoms with van der Waals surface area (Å²) in [6.07, 6.45) is 2.19. The Morgan fingerprint density at radius 2 is 2.00 bits per heavy atom. The van der Waals surface area contributed by atoms with Gasteiger partial charge in [-0.3, -0.25) is 4.90 Å². The Morgan fingerprint density at radius 1 is 1.26 bits per heavy atom. The van der Waals surface area contributed by atoms with Crippen molar-refractivity contribution in [1.82, 2.24) is 9.88 Å². The van der Waals surface area contributed by atoms with Crippen LogP contribution in [0.4, 0.5) is 5.82 Å². The summed E-state index contributed by atoms with van der Waals surface area (Å²) in [7, 11) is 0. The van der Waals surface area contributed by atoms with Crippen LogP contribution in [0.5, 0.6) is 0 Å². The van der Waals surface area contributed by atoms with E-state index in [4.69, 9.17) is 4.74 Å². The first-order valence-electron chi connectivity index (χ1n) is 6.85. The van der Waals surface area contributed by atoms with Gasteiger partial charge in [0.1, 0.15) is 5.82 Å². The van der Waals surface area contributed by atoms with E-state index in [9.17, 15) is 0 Å². The lowest BCUT2D eigenvalue weighted by molar-refractivity contribution is 0.0578. The van der Waals surface area contributed by atoms with Crippen molar-refractivity contribution in [3.63, 3.8) is 0 Å². The van der Waals surface area contributed by atoms with Gasteiger partial charge in [0.05, 0.1) is 12.7 Å². The molecule has 4 nitrogen and oxygen atoms in total. The second-order valence-corrected chi connectivity index (χ2v) is 6.00. The third-order valence-electron chi connectivity index (χ3n) is 3.27. The van der Waals surface area contributed by atoms with Crippen LogP contribution in [-0.4, -0.2) is 55.3 Å². The molecular formula is C14H22BrN3O. The highest BCUT2D eigenvalue weighted by atomic mass is 79.9. The Kier molecular flexibility index (Phi) is 5.60. The molecular weight excluding hydrogens is 306 g/mol. The molecule has 0 N–H and O–H groups in total. The second kappa shape index (κ2) is 7.22. The third kappa shape index (κ3) is 4.75. The van der Waals surface area contributed by atoms with Crippen molar-refractivity contribution in [2.24, 2.45) is 0 Å². The van der Waals surface area contributed by atoms with E-state index < -0.39 is 0 Å². The van der Waals surface area contributed by atoms with Crippen molar-refractivity contribution in [1.29, 1.82) is 0 Å². The maximum Gasteiger partial charge on any atom is 0.128 e. The van der Waals surface area contributed by atoms with Crippen LogP contribution in [0, 0.1) is 0 Å². The number of halogens is 1. The van der Waals surface area contributed by atoms with Gasteiger partial charge in [-0.25, -0.2) is 4.98 Å². The number of pyridine rings is 1. The van der Waals surface area contributed by atoms with Gasteiger partial charge in [-0.15, -0.1) is 0 Å². The van der Waals surface area contributed by atoms with Gasteiger partial charge in [0, 0.05) is 43.4 Å². The second-order valence-electron chi connectivity index (χ2n) is 5.08. The van der Waals surface area contributed by atoms with Gasteiger partial charge in [-0.05, 0) is 41.9 Å². The van der Waals surface area contributed by atoms with E-state index >= 15 is 0 Å². The molecule has 1 aromatic rings. The van der Waals surface area contributed by atoms with Gasteiger partial charge in [-0.2, -0.15) is 0 Å². The van der Waals surface area contributed by atoms with Crippen LogP contribution in [0.25, 0.3) is 0 Å². The summed E-state index contributed by atoms with van der Waals surface area (Å²) in [4.78, 5) is 9.24. The van der Waals surface area contributed by atoms with Crippen LogP contribution in [0.3, 0.4) is 0 Å². The van der Waals surface area contributed by atoms with E-state index in [0.29, 0.717) is 6.10 Å². The molecule has 0 radical (unpaired) electrons. The first kappa shape index (κ1) is 14.8. The van der Waals surface area contributed by atoms with Gasteiger partial charge in [-0.1, -0.05) is 0 Å². The minimum absolute atomic E-state index is 0.327. The van der Waals surface area contributed by atoms with E-state index in [1.807, 2.05) is 12.3 Å². The summed E-state index contributed by atoms with van der Waals surface area (Å²) in [6.45, 7) is 10.3. The summed E-state index contributed by atoms with van der Waals surface area (Å²) in [5.41, 5.74) is 0. The van der Waals surface area contributed by atoms with Gasteiger partial charge in [0.25, 0.3) is 0 Å². The zero-order chi connectivity index (χ0) is 13.7. The van der Waals surface area contributed by atoms with Crippen molar-refractivity contribution < 1.29 is 4.74 Å². The van der Waals surface area contributed by atoms with Crippen LogP contribution in [0.1, 0.15) is 13.8 Å². The number of rotatable bonds is 5. The average molecular weight is 328 g/mol. The molecule has 2 rings (SSSR count). The molecule has 19 heavy (non-hydrogen) atoms. The fraction of sp³-hybridized carbons (Fsp3) is 0.643. The zero-order valence-corrected chi connectivity index (χ0v) is 13.3. The molecule has 2 heterocycles. The predicted molar refractivity (Wildman–Crippen MR) is 81.7 cm³/mol. The molecule has 1 aromatic heterocycles. The minimum Gasteiger partial charge on any atom is -0.377 e. The molecule has 1 aliphatic rings. The van der Waals surface area contributed by atoms with Crippen molar-refractivity contribution in [2.75, 3.05) is 44.2 Å². The van der Waals surface area contributed by atoms with Crippen molar-refractivity contribution in [3.05, 3.63) is 22.8 Å². The highest BCUT2D eigenvalue weighted by Crippen LogP contribution is 2.16. The molecule has 0 spiro atoms. The van der Waals surface area contributed by atoms with Crippen LogP contribution in [0.2, 0.25) is 0 Å². The Morgan fingerprint density at radius 3 is 2.58 bits per heavy atom. The molecule has 1 aliphatic heterocycles. The molecule has 1 fully saturated rings. The van der Waals surface area contributed by atoms with Gasteiger partial charge in [0.2, 0.25) is 0 Å². The van der Waals surface area contributed by atoms with E-state index in [-0.39, 0.29) is 0 Å². The molecule has 0 amide bonds. The topological polar surface area (TPSA) is 28.6 Å². The third-order valence-corrected chi connectivity index (χ3v) is 3.74. The molecule has 106 valence electrons. The number of ether oxygens (including phenoxy) is 1. The van der Waals surface area contributed by atoms with Crippen LogP contribution >= 0.6 is 15.9 Å². The molecule has 5 heteroatoms. The Labute approximate surface area is 123 Å². The monoisotopic (exact) mass is 327 g/mol. The van der Waals surface area contributed by atoms with Crippen LogP contribution in [-0.2, 0) is 4.74 Å². The lowest BCUT2D eigenvalue weighted by Crippen LogP contribution is -2.47. The minimum atomic E-state index is 0.327. The molecule has 1 saturated heterocycles. The molecule has 0 atom stereocenters. The van der Waals surface area contributed by atoms with E-state index in [1.54, 1.807) is 0 Å². The molecule has 0 aromatic carbocycles. The van der Waals surface area contributed by atoms with Gasteiger partial charge < -0.3 is 9.64 Å². The van der Waals surface area contributed by atoms with E-state index in [0.717, 1.165) is 49.6 Å². The van der Waals surface area contributed by atoms with Crippen LogP contribution < -0.4 is 4.90 Å². The van der Waals surface area contributed by atoms with Gasteiger partial charge in [0.15, 0.2) is 0 Å².